The Morgan fingerprint density at radius 2 is 1.90 bits per heavy atom. The van der Waals surface area contributed by atoms with E-state index in [1.165, 1.54) is 4.88 Å². The van der Waals surface area contributed by atoms with E-state index in [1.54, 1.807) is 11.3 Å². The summed E-state index contributed by atoms with van der Waals surface area (Å²) in [6.07, 6.45) is 5.04. The minimum absolute atomic E-state index is 0. The smallest absolute Gasteiger partial charge is 0.276 e. The highest BCUT2D eigenvalue weighted by Gasteiger charge is 2.28. The van der Waals surface area contributed by atoms with Gasteiger partial charge in [0.1, 0.15) is 0 Å². The number of aryl methyl sites for hydroxylation is 1. The molecule has 0 unspecified atom stereocenters. The summed E-state index contributed by atoms with van der Waals surface area (Å²) in [6, 6.07) is 0.342. The van der Waals surface area contributed by atoms with Crippen LogP contribution in [0, 0.1) is 6.92 Å². The van der Waals surface area contributed by atoms with E-state index in [0.29, 0.717) is 24.8 Å². The molecule has 1 N–H and O–H groups in total. The van der Waals surface area contributed by atoms with Gasteiger partial charge >= 0.3 is 0 Å². The van der Waals surface area contributed by atoms with Crippen LogP contribution in [0.4, 0.5) is 5.13 Å². The molecule has 0 saturated carbocycles. The normalized spacial score (nSPS) is 17.6. The van der Waals surface area contributed by atoms with Crippen molar-refractivity contribution < 1.29 is 4.79 Å². The van der Waals surface area contributed by atoms with Gasteiger partial charge in [-0.15, -0.1) is 41.2 Å². The molecule has 0 bridgehead atoms. The molecule has 1 amide bonds. The van der Waals surface area contributed by atoms with E-state index < -0.39 is 0 Å². The first kappa shape index (κ1) is 23.9. The van der Waals surface area contributed by atoms with Crippen molar-refractivity contribution in [1.29, 1.82) is 0 Å². The van der Waals surface area contributed by atoms with E-state index in [0.717, 1.165) is 56.3 Å². The van der Waals surface area contributed by atoms with Gasteiger partial charge in [-0.2, -0.15) is 0 Å². The summed E-state index contributed by atoms with van der Waals surface area (Å²) in [5, 5.41) is 13.0. The quantitative estimate of drug-likeness (QED) is 0.752. The van der Waals surface area contributed by atoms with Gasteiger partial charge in [-0.25, -0.2) is 9.67 Å². The van der Waals surface area contributed by atoms with E-state index in [2.05, 4.69) is 32.4 Å². The number of piperazine rings is 1. The van der Waals surface area contributed by atoms with Crippen molar-refractivity contribution in [2.45, 2.75) is 39.2 Å². The molecule has 0 aromatic carbocycles. The molecule has 11 heteroatoms. The van der Waals surface area contributed by atoms with Crippen LogP contribution in [-0.4, -0.2) is 70.1 Å². The molecular formula is C18H29Cl2N7OS. The molecule has 162 valence electrons. The van der Waals surface area contributed by atoms with Crippen molar-refractivity contribution >= 4 is 47.2 Å². The Bertz CT molecular complexity index is 798. The fraction of sp³-hybridized carbons (Fsp3) is 0.667. The monoisotopic (exact) mass is 461 g/mol. The Balaban J connectivity index is 0.00000150. The predicted octanol–water partition coefficient (Wildman–Crippen LogP) is 2.34. The Kier molecular flexibility index (Phi) is 8.69. The average Bonchev–Trinajstić information content (AvgIpc) is 3.35. The van der Waals surface area contributed by atoms with Crippen molar-refractivity contribution in [2.24, 2.45) is 0 Å². The molecule has 2 aliphatic heterocycles. The third-order valence-corrected chi connectivity index (χ3v) is 6.71. The summed E-state index contributed by atoms with van der Waals surface area (Å²) < 4.78 is 1.95. The van der Waals surface area contributed by atoms with Crippen LogP contribution in [0.15, 0.2) is 6.20 Å². The Morgan fingerprint density at radius 1 is 1.21 bits per heavy atom. The SMILES string of the molecule is CCc1cnc(N2CCN(C(=O)c3nnn(C4CCNCC4)c3C)CC2)s1.Cl.Cl. The fourth-order valence-corrected chi connectivity index (χ4v) is 4.70. The Morgan fingerprint density at radius 3 is 2.52 bits per heavy atom. The van der Waals surface area contributed by atoms with Crippen LogP contribution in [0.25, 0.3) is 0 Å². The molecular weight excluding hydrogens is 433 g/mol. The summed E-state index contributed by atoms with van der Waals surface area (Å²) >= 11 is 1.75. The van der Waals surface area contributed by atoms with E-state index in [9.17, 15) is 4.79 Å². The van der Waals surface area contributed by atoms with Crippen LogP contribution in [0.2, 0.25) is 0 Å². The topological polar surface area (TPSA) is 79.2 Å². The lowest BCUT2D eigenvalue weighted by Crippen LogP contribution is -2.49. The summed E-state index contributed by atoms with van der Waals surface area (Å²) in [6.45, 7) is 9.10. The number of thiazole rings is 1. The summed E-state index contributed by atoms with van der Waals surface area (Å²) in [7, 11) is 0. The number of aromatic nitrogens is 4. The van der Waals surface area contributed by atoms with Crippen molar-refractivity contribution in [3.05, 3.63) is 22.5 Å². The lowest BCUT2D eigenvalue weighted by molar-refractivity contribution is 0.0740. The number of nitrogens with zero attached hydrogens (tertiary/aromatic N) is 6. The van der Waals surface area contributed by atoms with Crippen molar-refractivity contribution in [3.63, 3.8) is 0 Å². The van der Waals surface area contributed by atoms with Crippen LogP contribution in [-0.2, 0) is 6.42 Å². The lowest BCUT2D eigenvalue weighted by Gasteiger charge is -2.34. The zero-order valence-corrected chi connectivity index (χ0v) is 19.3. The van der Waals surface area contributed by atoms with Gasteiger partial charge in [0.2, 0.25) is 0 Å². The molecule has 2 fully saturated rings. The van der Waals surface area contributed by atoms with Crippen LogP contribution < -0.4 is 10.2 Å². The third-order valence-electron chi connectivity index (χ3n) is 5.51. The predicted molar refractivity (Wildman–Crippen MR) is 120 cm³/mol. The average molecular weight is 462 g/mol. The van der Waals surface area contributed by atoms with Gasteiger partial charge < -0.3 is 15.1 Å². The summed E-state index contributed by atoms with van der Waals surface area (Å²) in [5.41, 5.74) is 1.39. The van der Waals surface area contributed by atoms with Gasteiger partial charge in [-0.1, -0.05) is 12.1 Å². The zero-order valence-electron chi connectivity index (χ0n) is 16.8. The summed E-state index contributed by atoms with van der Waals surface area (Å²) in [5.74, 6) is 0.000667. The first-order valence-corrected chi connectivity index (χ1v) is 10.6. The molecule has 4 rings (SSSR count). The second kappa shape index (κ2) is 10.6. The number of piperidine rings is 1. The fourth-order valence-electron chi connectivity index (χ4n) is 3.79. The highest BCUT2D eigenvalue weighted by Crippen LogP contribution is 2.25. The van der Waals surface area contributed by atoms with Gasteiger partial charge in [0, 0.05) is 37.3 Å². The van der Waals surface area contributed by atoms with Gasteiger partial charge in [-0.05, 0) is 39.3 Å². The number of hydrogen-bond acceptors (Lipinski definition) is 7. The molecule has 0 spiro atoms. The zero-order chi connectivity index (χ0) is 18.8. The van der Waals surface area contributed by atoms with Crippen LogP contribution in [0.1, 0.15) is 46.9 Å². The number of hydrogen-bond donors (Lipinski definition) is 1. The maximum Gasteiger partial charge on any atom is 0.276 e. The minimum Gasteiger partial charge on any atom is -0.345 e. The second-order valence-electron chi connectivity index (χ2n) is 7.19. The van der Waals surface area contributed by atoms with Gasteiger partial charge in [-0.3, -0.25) is 4.79 Å². The van der Waals surface area contributed by atoms with Gasteiger partial charge in [0.05, 0.1) is 11.7 Å². The van der Waals surface area contributed by atoms with E-state index in [4.69, 9.17) is 0 Å². The molecule has 0 aliphatic carbocycles. The summed E-state index contributed by atoms with van der Waals surface area (Å²) in [4.78, 5) is 23.0. The van der Waals surface area contributed by atoms with E-state index >= 15 is 0 Å². The maximum absolute atomic E-state index is 13.0. The van der Waals surface area contributed by atoms with E-state index in [-0.39, 0.29) is 30.7 Å². The van der Waals surface area contributed by atoms with Gasteiger partial charge in [0.15, 0.2) is 10.8 Å². The first-order valence-electron chi connectivity index (χ1n) is 9.78. The third kappa shape index (κ3) is 5.02. The molecule has 0 radical (unpaired) electrons. The van der Waals surface area contributed by atoms with Crippen LogP contribution >= 0.6 is 36.2 Å². The highest BCUT2D eigenvalue weighted by molar-refractivity contribution is 7.15. The number of carbonyl (C=O) groups is 1. The van der Waals surface area contributed by atoms with Crippen molar-refractivity contribution in [1.82, 2.24) is 30.2 Å². The highest BCUT2D eigenvalue weighted by atomic mass is 35.5. The molecule has 2 aromatic rings. The molecule has 29 heavy (non-hydrogen) atoms. The minimum atomic E-state index is 0. The largest absolute Gasteiger partial charge is 0.345 e. The van der Waals surface area contributed by atoms with Crippen molar-refractivity contribution in [3.8, 4) is 0 Å². The lowest BCUT2D eigenvalue weighted by atomic mass is 10.1. The van der Waals surface area contributed by atoms with Crippen LogP contribution in [0.5, 0.6) is 0 Å². The van der Waals surface area contributed by atoms with E-state index in [1.807, 2.05) is 22.7 Å². The Labute approximate surface area is 187 Å². The molecule has 4 heterocycles. The van der Waals surface area contributed by atoms with Gasteiger partial charge in [0.25, 0.3) is 5.91 Å². The number of amides is 1. The molecule has 2 saturated heterocycles. The van der Waals surface area contributed by atoms with Crippen molar-refractivity contribution in [2.75, 3.05) is 44.2 Å². The number of nitrogens with one attached hydrogen (secondary N) is 1. The number of rotatable bonds is 4. The number of halogens is 2. The molecule has 8 nitrogen and oxygen atoms in total. The first-order chi connectivity index (χ1) is 13.2. The number of anilines is 1. The standard InChI is InChI=1S/C18H27N7OS.2ClH/c1-3-15-12-20-18(27-15)24-10-8-23(9-11-24)17(26)16-13(2)25(22-21-16)14-4-6-19-7-5-14;;/h12,14,19H,3-11H2,1-2H3;2*1H. The molecule has 0 atom stereocenters. The Hall–Kier alpha value is -1.42. The number of carbonyl (C=O) groups excluding carboxylic acids is 1. The molecule has 2 aromatic heterocycles. The molecule has 2 aliphatic rings. The maximum atomic E-state index is 13.0. The van der Waals surface area contributed by atoms with Crippen LogP contribution in [0.3, 0.4) is 0 Å². The second-order valence-corrected chi connectivity index (χ2v) is 8.28.